The molecule has 12 heteroatoms. The SMILES string of the molecule is CC(c1ccc(I)cc1[N+](=O)[O-])C1(N)N=CN=C2C1=NCN2[C@H]1C[C@H](O)[C@@H](CO)O1. The Morgan fingerprint density at radius 2 is 2.30 bits per heavy atom. The monoisotopic (exact) mass is 528 g/mol. The molecule has 3 aliphatic heterocycles. The zero-order chi connectivity index (χ0) is 21.6. The molecule has 2 unspecified atom stereocenters. The van der Waals surface area contributed by atoms with Crippen LogP contribution in [-0.4, -0.2) is 75.3 Å². The molecule has 0 aromatic heterocycles. The van der Waals surface area contributed by atoms with Crippen LogP contribution in [-0.2, 0) is 4.74 Å². The molecule has 4 N–H and O–H groups in total. The Morgan fingerprint density at radius 1 is 1.53 bits per heavy atom. The molecule has 4 rings (SSSR count). The molecule has 0 bridgehead atoms. The predicted octanol–water partition coefficient (Wildman–Crippen LogP) is 0.581. The van der Waals surface area contributed by atoms with Crippen molar-refractivity contribution < 1.29 is 19.9 Å². The zero-order valence-corrected chi connectivity index (χ0v) is 18.2. The number of rotatable bonds is 5. The third kappa shape index (κ3) is 3.41. The number of aliphatic hydroxyl groups is 2. The lowest BCUT2D eigenvalue weighted by molar-refractivity contribution is -0.385. The lowest BCUT2D eigenvalue weighted by Gasteiger charge is -2.35. The third-order valence-electron chi connectivity index (χ3n) is 5.74. The number of amidine groups is 1. The summed E-state index contributed by atoms with van der Waals surface area (Å²) in [5, 5.41) is 31.0. The van der Waals surface area contributed by atoms with Crippen LogP contribution in [0.2, 0.25) is 0 Å². The van der Waals surface area contributed by atoms with Gasteiger partial charge >= 0.3 is 0 Å². The Morgan fingerprint density at radius 3 is 2.97 bits per heavy atom. The summed E-state index contributed by atoms with van der Waals surface area (Å²) >= 11 is 2.03. The standard InChI is InChI=1S/C18H21IN6O5/c1-9(11-3-2-10(19)4-12(11)25(28)29)18(20)16-17(21-7-23-18)24(8-22-16)15-5-13(27)14(6-26)30-15/h2-4,7,9,13-15,26-27H,5-6,8,20H2,1H3/t9?,13-,14+,15+,18?/m0/s1. The molecule has 0 spiro atoms. The molecule has 3 aliphatic rings. The number of aliphatic imine (C=N–C) groups is 3. The molecular formula is C18H21IN6O5. The molecule has 5 atom stereocenters. The van der Waals surface area contributed by atoms with E-state index in [0.29, 0.717) is 23.5 Å². The summed E-state index contributed by atoms with van der Waals surface area (Å²) in [6.07, 6.45) is -0.363. The summed E-state index contributed by atoms with van der Waals surface area (Å²) in [7, 11) is 0. The molecule has 1 aromatic carbocycles. The van der Waals surface area contributed by atoms with Crippen molar-refractivity contribution >= 4 is 46.2 Å². The first-order chi connectivity index (χ1) is 14.3. The van der Waals surface area contributed by atoms with E-state index in [9.17, 15) is 20.3 Å². The van der Waals surface area contributed by atoms with Crippen LogP contribution in [0.4, 0.5) is 5.69 Å². The summed E-state index contributed by atoms with van der Waals surface area (Å²) in [5.74, 6) is -0.0982. The first kappa shape index (κ1) is 21.2. The number of benzene rings is 1. The maximum absolute atomic E-state index is 11.6. The number of aliphatic hydroxyl groups excluding tert-OH is 2. The van der Waals surface area contributed by atoms with Gasteiger partial charge in [0.15, 0.2) is 11.5 Å². The van der Waals surface area contributed by atoms with Crippen molar-refractivity contribution in [3.8, 4) is 0 Å². The van der Waals surface area contributed by atoms with Crippen LogP contribution in [0, 0.1) is 13.7 Å². The van der Waals surface area contributed by atoms with E-state index in [1.165, 1.54) is 12.4 Å². The minimum atomic E-state index is -1.35. The molecule has 1 aromatic rings. The van der Waals surface area contributed by atoms with E-state index < -0.39 is 34.9 Å². The molecule has 0 saturated carbocycles. The van der Waals surface area contributed by atoms with Crippen molar-refractivity contribution in [2.24, 2.45) is 20.7 Å². The van der Waals surface area contributed by atoms with Crippen molar-refractivity contribution in [3.05, 3.63) is 37.4 Å². The number of nitrogens with zero attached hydrogens (tertiary/aromatic N) is 5. The van der Waals surface area contributed by atoms with Crippen molar-refractivity contribution in [2.45, 2.75) is 43.4 Å². The average molecular weight is 528 g/mol. The molecule has 0 radical (unpaired) electrons. The first-order valence-corrected chi connectivity index (χ1v) is 10.4. The van der Waals surface area contributed by atoms with Crippen LogP contribution < -0.4 is 5.73 Å². The van der Waals surface area contributed by atoms with Gasteiger partial charge in [-0.25, -0.2) is 9.98 Å². The van der Waals surface area contributed by atoms with Crippen LogP contribution in [0.15, 0.2) is 33.2 Å². The Bertz CT molecular complexity index is 968. The summed E-state index contributed by atoms with van der Waals surface area (Å²) in [6, 6.07) is 4.98. The number of hydrogen-bond acceptors (Lipinski definition) is 10. The van der Waals surface area contributed by atoms with E-state index >= 15 is 0 Å². The lowest BCUT2D eigenvalue weighted by atomic mass is 9.83. The van der Waals surface area contributed by atoms with E-state index in [2.05, 4.69) is 15.0 Å². The Kier molecular flexibility index (Phi) is 5.61. The van der Waals surface area contributed by atoms with Crippen LogP contribution in [0.3, 0.4) is 0 Å². The summed E-state index contributed by atoms with van der Waals surface area (Å²) in [4.78, 5) is 26.2. The van der Waals surface area contributed by atoms with Gasteiger partial charge in [0.05, 0.1) is 17.6 Å². The molecule has 0 aliphatic carbocycles. The maximum atomic E-state index is 11.6. The quantitative estimate of drug-likeness (QED) is 0.287. The molecule has 1 fully saturated rings. The van der Waals surface area contributed by atoms with E-state index in [1.54, 1.807) is 24.0 Å². The molecule has 30 heavy (non-hydrogen) atoms. The van der Waals surface area contributed by atoms with Crippen molar-refractivity contribution in [1.29, 1.82) is 0 Å². The zero-order valence-electron chi connectivity index (χ0n) is 16.1. The number of hydrogen-bond donors (Lipinski definition) is 3. The predicted molar refractivity (Wildman–Crippen MR) is 118 cm³/mol. The highest BCUT2D eigenvalue weighted by atomic mass is 127. The Hall–Kier alpha value is -2.00. The number of fused-ring (bicyclic) bond motifs is 1. The van der Waals surface area contributed by atoms with Gasteiger partial charge in [-0.15, -0.1) is 0 Å². The van der Waals surface area contributed by atoms with Crippen molar-refractivity contribution in [3.63, 3.8) is 0 Å². The van der Waals surface area contributed by atoms with E-state index in [1.807, 2.05) is 22.6 Å². The van der Waals surface area contributed by atoms with Gasteiger partial charge in [0.1, 0.15) is 31.1 Å². The fraction of sp³-hybridized carbons (Fsp3) is 0.500. The number of nitrogens with two attached hydrogens (primary N) is 1. The van der Waals surface area contributed by atoms with Crippen LogP contribution in [0.5, 0.6) is 0 Å². The molecular weight excluding hydrogens is 507 g/mol. The van der Waals surface area contributed by atoms with Crippen molar-refractivity contribution in [2.75, 3.05) is 13.3 Å². The Labute approximate surface area is 185 Å². The van der Waals surface area contributed by atoms with Crippen LogP contribution >= 0.6 is 22.6 Å². The topological polar surface area (TPSA) is 159 Å². The Balaban J connectivity index is 1.64. The van der Waals surface area contributed by atoms with Gasteiger partial charge in [0.2, 0.25) is 0 Å². The fourth-order valence-electron chi connectivity index (χ4n) is 4.00. The minimum absolute atomic E-state index is 0.0259. The number of nitro groups is 1. The molecule has 11 nitrogen and oxygen atoms in total. The fourth-order valence-corrected chi connectivity index (χ4v) is 4.47. The second-order valence-electron chi connectivity index (χ2n) is 7.44. The number of halogens is 1. The molecule has 1 saturated heterocycles. The molecule has 3 heterocycles. The summed E-state index contributed by atoms with van der Waals surface area (Å²) in [6.45, 7) is 1.69. The third-order valence-corrected chi connectivity index (χ3v) is 6.41. The van der Waals surface area contributed by atoms with Gasteiger partial charge < -0.3 is 25.6 Å². The van der Waals surface area contributed by atoms with Gasteiger partial charge in [-0.3, -0.25) is 15.1 Å². The maximum Gasteiger partial charge on any atom is 0.274 e. The van der Waals surface area contributed by atoms with E-state index in [0.717, 1.165) is 3.57 Å². The smallest absolute Gasteiger partial charge is 0.274 e. The summed E-state index contributed by atoms with van der Waals surface area (Å²) < 4.78 is 6.47. The average Bonchev–Trinajstić information content (AvgIpc) is 3.31. The van der Waals surface area contributed by atoms with Gasteiger partial charge in [-0.2, -0.15) is 0 Å². The highest BCUT2D eigenvalue weighted by molar-refractivity contribution is 14.1. The normalized spacial score (nSPS) is 31.4. The highest BCUT2D eigenvalue weighted by Gasteiger charge is 2.49. The minimum Gasteiger partial charge on any atom is -0.394 e. The lowest BCUT2D eigenvalue weighted by Crippen LogP contribution is -2.57. The van der Waals surface area contributed by atoms with Crippen LogP contribution in [0.25, 0.3) is 0 Å². The first-order valence-electron chi connectivity index (χ1n) is 9.36. The van der Waals surface area contributed by atoms with Gasteiger partial charge in [-0.1, -0.05) is 13.0 Å². The largest absolute Gasteiger partial charge is 0.394 e. The van der Waals surface area contributed by atoms with E-state index in [-0.39, 0.29) is 19.0 Å². The van der Waals surface area contributed by atoms with Crippen LogP contribution in [0.1, 0.15) is 24.8 Å². The van der Waals surface area contributed by atoms with E-state index in [4.69, 9.17) is 10.5 Å². The van der Waals surface area contributed by atoms with Gasteiger partial charge in [0, 0.05) is 27.5 Å². The number of ether oxygens (including phenoxy) is 1. The summed E-state index contributed by atoms with van der Waals surface area (Å²) in [5.41, 5.74) is 6.17. The number of nitro benzene ring substituents is 1. The second kappa shape index (κ2) is 7.92. The molecule has 0 amide bonds. The second-order valence-corrected chi connectivity index (χ2v) is 8.68. The van der Waals surface area contributed by atoms with Gasteiger partial charge in [0.25, 0.3) is 5.69 Å². The highest BCUT2D eigenvalue weighted by Crippen LogP contribution is 2.38. The van der Waals surface area contributed by atoms with Crippen molar-refractivity contribution in [1.82, 2.24) is 4.90 Å². The van der Waals surface area contributed by atoms with Gasteiger partial charge in [-0.05, 0) is 28.7 Å². The molecule has 160 valence electrons.